The van der Waals surface area contributed by atoms with Gasteiger partial charge < -0.3 is 21.4 Å². The van der Waals surface area contributed by atoms with Gasteiger partial charge in [-0.05, 0) is 36.4 Å². The third-order valence-electron chi connectivity index (χ3n) is 5.02. The molecule has 0 bridgehead atoms. The van der Waals surface area contributed by atoms with E-state index in [2.05, 4.69) is 19.9 Å². The Labute approximate surface area is 183 Å². The fourth-order valence-electron chi connectivity index (χ4n) is 3.41. The molecule has 0 aliphatic carbocycles. The van der Waals surface area contributed by atoms with E-state index < -0.39 is 0 Å². The number of hydrogen-bond donors (Lipinski definition) is 6. The molecule has 0 atom stereocenters. The SMILES string of the molecule is Cl.N=C(N)c1ccc2nc(-c3ccc(-c4nc5ccc(C(=N)N)cc5[nH]4)cc3)[nH]c2c1. The molecule has 0 saturated carbocycles. The van der Waals surface area contributed by atoms with E-state index in [-0.39, 0.29) is 24.1 Å². The van der Waals surface area contributed by atoms with Crippen LogP contribution in [0.4, 0.5) is 0 Å². The maximum absolute atomic E-state index is 7.58. The molecular formula is C22H19ClN8. The van der Waals surface area contributed by atoms with Crippen molar-refractivity contribution in [3.05, 3.63) is 71.8 Å². The molecule has 0 unspecified atom stereocenters. The molecule has 5 aromatic rings. The van der Waals surface area contributed by atoms with Crippen LogP contribution in [0.5, 0.6) is 0 Å². The standard InChI is InChI=1S/C22H18N8.ClH/c23-19(24)13-5-7-15-17(9-13)29-21(27-15)11-1-2-12(4-3-11)22-28-16-8-6-14(20(25)26)10-18(16)30-22;/h1-10H,(H3,23,24)(H3,25,26)(H,27,29)(H,28,30);1H. The molecule has 2 aromatic heterocycles. The number of nitrogens with zero attached hydrogens (tertiary/aromatic N) is 2. The number of aromatic nitrogens is 4. The summed E-state index contributed by atoms with van der Waals surface area (Å²) in [5.41, 5.74) is 17.6. The minimum absolute atomic E-state index is 0. The van der Waals surface area contributed by atoms with E-state index in [9.17, 15) is 0 Å². The summed E-state index contributed by atoms with van der Waals surface area (Å²) in [4.78, 5) is 15.8. The number of H-pyrrole nitrogens is 2. The number of nitrogens with one attached hydrogen (secondary N) is 4. The minimum Gasteiger partial charge on any atom is -0.384 e. The number of aromatic amines is 2. The van der Waals surface area contributed by atoms with Gasteiger partial charge in [-0.3, -0.25) is 10.8 Å². The summed E-state index contributed by atoms with van der Waals surface area (Å²) < 4.78 is 0. The lowest BCUT2D eigenvalue weighted by atomic mass is 10.1. The molecular weight excluding hydrogens is 412 g/mol. The maximum Gasteiger partial charge on any atom is 0.138 e. The van der Waals surface area contributed by atoms with E-state index in [0.29, 0.717) is 11.1 Å². The molecule has 0 amide bonds. The lowest BCUT2D eigenvalue weighted by Crippen LogP contribution is -2.10. The van der Waals surface area contributed by atoms with Gasteiger partial charge in [-0.1, -0.05) is 24.3 Å². The van der Waals surface area contributed by atoms with E-state index in [1.807, 2.05) is 48.5 Å². The molecule has 0 fully saturated rings. The third kappa shape index (κ3) is 3.60. The van der Waals surface area contributed by atoms with Crippen LogP contribution in [-0.4, -0.2) is 31.6 Å². The number of amidine groups is 2. The van der Waals surface area contributed by atoms with Crippen molar-refractivity contribution in [3.8, 4) is 22.8 Å². The first kappa shape index (κ1) is 20.1. The van der Waals surface area contributed by atoms with Crippen LogP contribution < -0.4 is 11.5 Å². The third-order valence-corrected chi connectivity index (χ3v) is 5.02. The maximum atomic E-state index is 7.58. The minimum atomic E-state index is 0. The van der Waals surface area contributed by atoms with E-state index >= 15 is 0 Å². The zero-order valence-electron chi connectivity index (χ0n) is 16.2. The van der Waals surface area contributed by atoms with Crippen LogP contribution in [0.1, 0.15) is 11.1 Å². The van der Waals surface area contributed by atoms with Crippen molar-refractivity contribution in [3.63, 3.8) is 0 Å². The molecule has 0 saturated heterocycles. The summed E-state index contributed by atoms with van der Waals surface area (Å²) in [6.45, 7) is 0. The van der Waals surface area contributed by atoms with Gasteiger partial charge in [0.1, 0.15) is 23.3 Å². The Kier molecular flexibility index (Phi) is 4.92. The van der Waals surface area contributed by atoms with Crippen molar-refractivity contribution in [2.24, 2.45) is 11.5 Å². The van der Waals surface area contributed by atoms with Gasteiger partial charge in [0.25, 0.3) is 0 Å². The van der Waals surface area contributed by atoms with Gasteiger partial charge in [0.05, 0.1) is 22.1 Å². The quantitative estimate of drug-likeness (QED) is 0.189. The van der Waals surface area contributed by atoms with Crippen molar-refractivity contribution >= 4 is 46.1 Å². The van der Waals surface area contributed by atoms with Crippen LogP contribution in [0.25, 0.3) is 44.8 Å². The monoisotopic (exact) mass is 430 g/mol. The van der Waals surface area contributed by atoms with Crippen LogP contribution >= 0.6 is 12.4 Å². The first-order chi connectivity index (χ1) is 14.5. The zero-order chi connectivity index (χ0) is 20.8. The van der Waals surface area contributed by atoms with Crippen LogP contribution in [0.15, 0.2) is 60.7 Å². The highest BCUT2D eigenvalue weighted by Gasteiger charge is 2.10. The number of hydrogen-bond acceptors (Lipinski definition) is 4. The molecule has 0 aliphatic heterocycles. The normalized spacial score (nSPS) is 10.8. The zero-order valence-corrected chi connectivity index (χ0v) is 17.0. The lowest BCUT2D eigenvalue weighted by molar-refractivity contribution is 1.32. The number of halogens is 1. The number of nitrogen functional groups attached to an aromatic ring is 2. The summed E-state index contributed by atoms with van der Waals surface area (Å²) in [6, 6.07) is 18.8. The highest BCUT2D eigenvalue weighted by atomic mass is 35.5. The van der Waals surface area contributed by atoms with Crippen molar-refractivity contribution in [1.82, 2.24) is 19.9 Å². The predicted octanol–water partition coefficient (Wildman–Crippen LogP) is 3.76. The van der Waals surface area contributed by atoms with Gasteiger partial charge in [-0.2, -0.15) is 0 Å². The first-order valence-corrected chi connectivity index (χ1v) is 9.27. The van der Waals surface area contributed by atoms with E-state index in [0.717, 1.165) is 44.8 Å². The lowest BCUT2D eigenvalue weighted by Gasteiger charge is -1.99. The molecule has 9 heteroatoms. The highest BCUT2D eigenvalue weighted by Crippen LogP contribution is 2.26. The van der Waals surface area contributed by atoms with Crippen LogP contribution in [0, 0.1) is 10.8 Å². The van der Waals surface area contributed by atoms with Gasteiger partial charge >= 0.3 is 0 Å². The van der Waals surface area contributed by atoms with Gasteiger partial charge in [0, 0.05) is 22.3 Å². The topological polar surface area (TPSA) is 157 Å². The largest absolute Gasteiger partial charge is 0.384 e. The molecule has 31 heavy (non-hydrogen) atoms. The second kappa shape index (κ2) is 7.58. The van der Waals surface area contributed by atoms with Crippen LogP contribution in [0.2, 0.25) is 0 Å². The average molecular weight is 431 g/mol. The number of imidazole rings is 2. The summed E-state index contributed by atoms with van der Waals surface area (Å²) in [5.74, 6) is 1.54. The predicted molar refractivity (Wildman–Crippen MR) is 126 cm³/mol. The smallest absolute Gasteiger partial charge is 0.138 e. The Balaban J connectivity index is 0.00000231. The fourth-order valence-corrected chi connectivity index (χ4v) is 3.41. The van der Waals surface area contributed by atoms with E-state index in [4.69, 9.17) is 22.3 Å². The van der Waals surface area contributed by atoms with Crippen molar-refractivity contribution in [2.75, 3.05) is 0 Å². The fraction of sp³-hybridized carbons (Fsp3) is 0. The van der Waals surface area contributed by atoms with Gasteiger partial charge in [-0.15, -0.1) is 12.4 Å². The second-order valence-corrected chi connectivity index (χ2v) is 7.04. The molecule has 8 nitrogen and oxygen atoms in total. The van der Waals surface area contributed by atoms with E-state index in [1.165, 1.54) is 0 Å². The Morgan fingerprint density at radius 1 is 0.645 bits per heavy atom. The van der Waals surface area contributed by atoms with Gasteiger partial charge in [-0.25, -0.2) is 9.97 Å². The molecule has 0 aliphatic rings. The Hall–Kier alpha value is -4.17. The van der Waals surface area contributed by atoms with Crippen molar-refractivity contribution in [2.45, 2.75) is 0 Å². The molecule has 154 valence electrons. The van der Waals surface area contributed by atoms with Crippen LogP contribution in [0.3, 0.4) is 0 Å². The summed E-state index contributed by atoms with van der Waals surface area (Å²) >= 11 is 0. The Morgan fingerprint density at radius 2 is 1.03 bits per heavy atom. The highest BCUT2D eigenvalue weighted by molar-refractivity contribution is 5.99. The number of nitrogens with two attached hydrogens (primary N) is 2. The molecule has 0 spiro atoms. The molecule has 2 heterocycles. The van der Waals surface area contributed by atoms with Gasteiger partial charge in [0.15, 0.2) is 0 Å². The first-order valence-electron chi connectivity index (χ1n) is 9.27. The number of rotatable bonds is 4. The summed E-state index contributed by atoms with van der Waals surface area (Å²) in [6.07, 6.45) is 0. The Morgan fingerprint density at radius 3 is 1.39 bits per heavy atom. The van der Waals surface area contributed by atoms with Crippen molar-refractivity contribution < 1.29 is 0 Å². The number of fused-ring (bicyclic) bond motifs is 2. The average Bonchev–Trinajstić information content (AvgIpc) is 3.36. The summed E-state index contributed by atoms with van der Waals surface area (Å²) in [7, 11) is 0. The van der Waals surface area contributed by atoms with E-state index in [1.54, 1.807) is 12.1 Å². The number of benzene rings is 3. The Bertz CT molecular complexity index is 1330. The summed E-state index contributed by atoms with van der Waals surface area (Å²) in [5, 5.41) is 15.2. The molecule has 3 aromatic carbocycles. The molecule has 8 N–H and O–H groups in total. The van der Waals surface area contributed by atoms with Crippen LogP contribution in [-0.2, 0) is 0 Å². The molecule has 0 radical (unpaired) electrons. The molecule has 5 rings (SSSR count). The van der Waals surface area contributed by atoms with Gasteiger partial charge in [0.2, 0.25) is 0 Å². The second-order valence-electron chi connectivity index (χ2n) is 7.04. The van der Waals surface area contributed by atoms with Crippen molar-refractivity contribution in [1.29, 1.82) is 10.8 Å².